The smallest absolute Gasteiger partial charge is 0.408 e. The van der Waals surface area contributed by atoms with E-state index < -0.39 is 23.7 Å². The second-order valence-electron chi connectivity index (χ2n) is 8.93. The summed E-state index contributed by atoms with van der Waals surface area (Å²) in [6.07, 6.45) is 0.651. The van der Waals surface area contributed by atoms with Crippen LogP contribution in [-0.2, 0) is 9.53 Å². The average Bonchev–Trinajstić information content (AvgIpc) is 2.71. The Bertz CT molecular complexity index is 1220. The van der Waals surface area contributed by atoms with Crippen LogP contribution in [0.3, 0.4) is 0 Å². The fraction of sp³-hybridized carbons (Fsp3) is 0.320. The molecular weight excluding hydrogens is 446 g/mol. The molecule has 1 atom stereocenters. The average molecular weight is 472 g/mol. The fourth-order valence-electron chi connectivity index (χ4n) is 3.11. The molecule has 1 amide bonds. The molecular formula is C25H26ClNO6. The lowest BCUT2D eigenvalue weighted by molar-refractivity contribution is -0.137. The molecule has 0 bridgehead atoms. The number of carbonyl (C=O) groups is 2. The molecule has 1 heterocycles. The number of fused-ring (bicyclic) bond motifs is 1. The first-order valence-corrected chi connectivity index (χ1v) is 10.8. The van der Waals surface area contributed by atoms with E-state index in [1.807, 2.05) is 0 Å². The van der Waals surface area contributed by atoms with Gasteiger partial charge in [0.25, 0.3) is 0 Å². The largest absolute Gasteiger partial charge is 0.463 e. The number of esters is 1. The number of nitrogens with one attached hydrogen (secondary N) is 1. The third-order valence-corrected chi connectivity index (χ3v) is 4.96. The van der Waals surface area contributed by atoms with Crippen molar-refractivity contribution in [3.8, 4) is 16.9 Å². The van der Waals surface area contributed by atoms with Crippen LogP contribution in [0.2, 0.25) is 5.02 Å². The molecule has 3 rings (SSSR count). The van der Waals surface area contributed by atoms with Gasteiger partial charge >= 0.3 is 12.1 Å². The van der Waals surface area contributed by atoms with E-state index in [0.29, 0.717) is 21.5 Å². The number of amides is 1. The molecule has 0 aliphatic rings. The second kappa shape index (κ2) is 9.67. The summed E-state index contributed by atoms with van der Waals surface area (Å²) in [5, 5.41) is 3.46. The molecule has 0 aliphatic carbocycles. The summed E-state index contributed by atoms with van der Waals surface area (Å²) < 4.78 is 16.3. The highest BCUT2D eigenvalue weighted by atomic mass is 35.5. The van der Waals surface area contributed by atoms with Crippen LogP contribution >= 0.6 is 11.6 Å². The zero-order valence-corrected chi connectivity index (χ0v) is 19.9. The van der Waals surface area contributed by atoms with Crippen LogP contribution < -0.4 is 15.5 Å². The molecule has 0 fully saturated rings. The van der Waals surface area contributed by atoms with E-state index in [2.05, 4.69) is 5.32 Å². The molecule has 0 saturated carbocycles. The second-order valence-corrected chi connectivity index (χ2v) is 9.37. The molecule has 0 unspecified atom stereocenters. The molecule has 1 N–H and O–H groups in total. The van der Waals surface area contributed by atoms with Gasteiger partial charge in [-0.3, -0.25) is 4.79 Å². The summed E-state index contributed by atoms with van der Waals surface area (Å²) in [7, 11) is 0. The summed E-state index contributed by atoms with van der Waals surface area (Å²) in [4.78, 5) is 37.8. The van der Waals surface area contributed by atoms with E-state index in [0.717, 1.165) is 0 Å². The molecule has 0 saturated heterocycles. The first kappa shape index (κ1) is 24.3. The van der Waals surface area contributed by atoms with Crippen LogP contribution in [0.15, 0.2) is 57.9 Å². The Hall–Kier alpha value is -3.32. The predicted molar refractivity (Wildman–Crippen MR) is 127 cm³/mol. The number of hydrogen-bond donors (Lipinski definition) is 1. The maximum Gasteiger partial charge on any atom is 0.408 e. The zero-order valence-electron chi connectivity index (χ0n) is 19.1. The Morgan fingerprint density at radius 2 is 1.73 bits per heavy atom. The highest BCUT2D eigenvalue weighted by Crippen LogP contribution is 2.24. The maximum absolute atomic E-state index is 12.9. The lowest BCUT2D eigenvalue weighted by Crippen LogP contribution is -2.48. The van der Waals surface area contributed by atoms with E-state index >= 15 is 0 Å². The van der Waals surface area contributed by atoms with Gasteiger partial charge in [0.15, 0.2) is 5.43 Å². The van der Waals surface area contributed by atoms with Gasteiger partial charge in [0.2, 0.25) is 0 Å². The van der Waals surface area contributed by atoms with Gasteiger partial charge in [0, 0.05) is 11.1 Å². The monoisotopic (exact) mass is 471 g/mol. The van der Waals surface area contributed by atoms with E-state index in [9.17, 15) is 14.4 Å². The van der Waals surface area contributed by atoms with Crippen LogP contribution in [0.5, 0.6) is 5.75 Å². The quantitative estimate of drug-likeness (QED) is 0.386. The molecule has 3 aromatic rings. The van der Waals surface area contributed by atoms with Crippen LogP contribution in [0.25, 0.3) is 22.1 Å². The Morgan fingerprint density at radius 1 is 1.06 bits per heavy atom. The number of rotatable bonds is 5. The van der Waals surface area contributed by atoms with Crippen molar-refractivity contribution in [2.75, 3.05) is 0 Å². The van der Waals surface area contributed by atoms with Crippen molar-refractivity contribution in [3.05, 3.63) is 64.0 Å². The number of benzene rings is 2. The van der Waals surface area contributed by atoms with E-state index in [4.69, 9.17) is 25.5 Å². The third-order valence-electron chi connectivity index (χ3n) is 4.71. The normalized spacial score (nSPS) is 12.5. The van der Waals surface area contributed by atoms with Gasteiger partial charge in [0.1, 0.15) is 29.2 Å². The van der Waals surface area contributed by atoms with Gasteiger partial charge in [0.05, 0.1) is 10.9 Å². The molecule has 7 nitrogen and oxygen atoms in total. The SMILES string of the molecule is CC(C)[C@H](NC(=O)OC(C)(C)C)C(=O)Oc1ccc2c(=O)c(-c3ccc(Cl)cc3)coc2c1. The van der Waals surface area contributed by atoms with Crippen LogP contribution in [0.1, 0.15) is 34.6 Å². The van der Waals surface area contributed by atoms with Crippen molar-refractivity contribution in [1.82, 2.24) is 5.32 Å². The molecule has 8 heteroatoms. The summed E-state index contributed by atoms with van der Waals surface area (Å²) in [6.45, 7) is 8.76. The summed E-state index contributed by atoms with van der Waals surface area (Å²) in [5.74, 6) is -0.716. The number of alkyl carbamates (subject to hydrolysis) is 1. The molecule has 33 heavy (non-hydrogen) atoms. The van der Waals surface area contributed by atoms with Crippen molar-refractivity contribution >= 4 is 34.6 Å². The fourth-order valence-corrected chi connectivity index (χ4v) is 3.24. The number of ether oxygens (including phenoxy) is 2. The van der Waals surface area contributed by atoms with Crippen molar-refractivity contribution in [2.24, 2.45) is 5.92 Å². The van der Waals surface area contributed by atoms with Crippen LogP contribution in [-0.4, -0.2) is 23.7 Å². The first-order valence-electron chi connectivity index (χ1n) is 10.5. The Balaban J connectivity index is 1.81. The summed E-state index contributed by atoms with van der Waals surface area (Å²) in [6, 6.07) is 10.4. The minimum atomic E-state index is -0.921. The van der Waals surface area contributed by atoms with Gasteiger partial charge < -0.3 is 19.2 Å². The Morgan fingerprint density at radius 3 is 2.33 bits per heavy atom. The van der Waals surface area contributed by atoms with Crippen molar-refractivity contribution < 1.29 is 23.5 Å². The molecule has 2 aromatic carbocycles. The molecule has 0 aliphatic heterocycles. The van der Waals surface area contributed by atoms with E-state index in [1.165, 1.54) is 24.5 Å². The van der Waals surface area contributed by atoms with E-state index in [-0.39, 0.29) is 22.7 Å². The number of hydrogen-bond acceptors (Lipinski definition) is 6. The van der Waals surface area contributed by atoms with Gasteiger partial charge in [-0.25, -0.2) is 9.59 Å². The first-order chi connectivity index (χ1) is 15.4. The van der Waals surface area contributed by atoms with Crippen LogP contribution in [0, 0.1) is 5.92 Å². The highest BCUT2D eigenvalue weighted by Gasteiger charge is 2.28. The third kappa shape index (κ3) is 6.14. The predicted octanol–water partition coefficient (Wildman–Crippen LogP) is 5.57. The van der Waals surface area contributed by atoms with Gasteiger partial charge in [-0.1, -0.05) is 37.6 Å². The summed E-state index contributed by atoms with van der Waals surface area (Å²) in [5.41, 5.74) is 0.423. The molecule has 0 spiro atoms. The van der Waals surface area contributed by atoms with Gasteiger partial charge in [-0.05, 0) is 56.5 Å². The zero-order chi connectivity index (χ0) is 24.3. The molecule has 0 radical (unpaired) electrons. The standard InChI is InChI=1S/C25H26ClNO6/c1-14(2)21(27-24(30)33-25(3,4)5)23(29)32-17-10-11-18-20(12-17)31-13-19(22(18)28)15-6-8-16(26)9-7-15/h6-14,21H,1-5H3,(H,27,30)/t21-/m0/s1. The molecule has 1 aromatic heterocycles. The molecule has 174 valence electrons. The highest BCUT2D eigenvalue weighted by molar-refractivity contribution is 6.30. The maximum atomic E-state index is 12.9. The lowest BCUT2D eigenvalue weighted by atomic mass is 10.0. The number of carbonyl (C=O) groups excluding carboxylic acids is 2. The Labute approximate surface area is 196 Å². The topological polar surface area (TPSA) is 94.8 Å². The number of halogens is 1. The van der Waals surface area contributed by atoms with Crippen molar-refractivity contribution in [2.45, 2.75) is 46.3 Å². The van der Waals surface area contributed by atoms with Gasteiger partial charge in [-0.2, -0.15) is 0 Å². The lowest BCUT2D eigenvalue weighted by Gasteiger charge is -2.24. The minimum absolute atomic E-state index is 0.187. The van der Waals surface area contributed by atoms with Gasteiger partial charge in [-0.15, -0.1) is 0 Å². The van der Waals surface area contributed by atoms with Crippen LogP contribution in [0.4, 0.5) is 4.79 Å². The van der Waals surface area contributed by atoms with E-state index in [1.54, 1.807) is 58.9 Å². The van der Waals surface area contributed by atoms with Crippen molar-refractivity contribution in [1.29, 1.82) is 0 Å². The minimum Gasteiger partial charge on any atom is -0.463 e. The Kier molecular flexibility index (Phi) is 7.12. The summed E-state index contributed by atoms with van der Waals surface area (Å²) >= 11 is 5.92. The van der Waals surface area contributed by atoms with Crippen molar-refractivity contribution in [3.63, 3.8) is 0 Å².